The van der Waals surface area contributed by atoms with E-state index in [1.807, 2.05) is 72.6 Å². The number of hydrogen-bond acceptors (Lipinski definition) is 4. The van der Waals surface area contributed by atoms with E-state index in [0.717, 1.165) is 22.5 Å². The zero-order chi connectivity index (χ0) is 25.8. The van der Waals surface area contributed by atoms with E-state index in [9.17, 15) is 9.59 Å². The molecule has 0 saturated carbocycles. The predicted molar refractivity (Wildman–Crippen MR) is 147 cm³/mol. The van der Waals surface area contributed by atoms with Crippen LogP contribution in [0.15, 0.2) is 97.3 Å². The number of rotatable bonds is 5. The molecule has 2 N–H and O–H groups in total. The number of nitrogens with zero attached hydrogens (tertiary/aromatic N) is 3. The van der Waals surface area contributed by atoms with Crippen LogP contribution in [0.5, 0.6) is 0 Å². The third kappa shape index (κ3) is 5.57. The molecule has 4 aromatic rings. The maximum atomic E-state index is 13.5. The van der Waals surface area contributed by atoms with Crippen LogP contribution in [0.3, 0.4) is 0 Å². The Labute approximate surface area is 220 Å². The molecule has 0 spiro atoms. The molecular weight excluding hydrogens is 486 g/mol. The number of fused-ring (bicyclic) bond motifs is 1. The van der Waals surface area contributed by atoms with Gasteiger partial charge in [0.2, 0.25) is 5.91 Å². The summed E-state index contributed by atoms with van der Waals surface area (Å²) in [5, 5.41) is 6.47. The Morgan fingerprint density at radius 1 is 0.838 bits per heavy atom. The number of hydrogen-bond donors (Lipinski definition) is 2. The van der Waals surface area contributed by atoms with Crippen molar-refractivity contribution in [2.45, 2.75) is 19.0 Å². The third-order valence-electron chi connectivity index (χ3n) is 6.48. The zero-order valence-corrected chi connectivity index (χ0v) is 21.0. The summed E-state index contributed by atoms with van der Waals surface area (Å²) >= 11 is 5.97. The molecule has 7 nitrogen and oxygen atoms in total. The van der Waals surface area contributed by atoms with Crippen LogP contribution >= 0.6 is 11.6 Å². The molecule has 1 aliphatic heterocycles. The monoisotopic (exact) mass is 511 g/mol. The molecule has 1 aromatic heterocycles. The summed E-state index contributed by atoms with van der Waals surface area (Å²) < 4.78 is 0. The number of carbonyl (C=O) groups excluding carboxylic acids is 2. The first kappa shape index (κ1) is 24.3. The quantitative estimate of drug-likeness (QED) is 0.339. The van der Waals surface area contributed by atoms with Gasteiger partial charge in [-0.2, -0.15) is 0 Å². The summed E-state index contributed by atoms with van der Waals surface area (Å²) in [5.74, 6) is -0.240. The summed E-state index contributed by atoms with van der Waals surface area (Å²) in [7, 11) is 1.97. The normalized spacial score (nSPS) is 14.4. The second-order valence-corrected chi connectivity index (χ2v) is 9.29. The molecule has 0 bridgehead atoms. The first-order valence-corrected chi connectivity index (χ1v) is 12.3. The van der Waals surface area contributed by atoms with Crippen molar-refractivity contribution < 1.29 is 9.59 Å². The van der Waals surface area contributed by atoms with E-state index in [4.69, 9.17) is 11.6 Å². The van der Waals surface area contributed by atoms with Crippen LogP contribution in [-0.2, 0) is 17.8 Å². The number of amides is 3. The second-order valence-electron chi connectivity index (χ2n) is 8.85. The minimum Gasteiger partial charge on any atom is -0.345 e. The van der Waals surface area contributed by atoms with E-state index in [1.165, 1.54) is 0 Å². The predicted octanol–water partition coefficient (Wildman–Crippen LogP) is 6.10. The molecule has 0 saturated heterocycles. The summed E-state index contributed by atoms with van der Waals surface area (Å²) in [6, 6.07) is 25.2. The SMILES string of the molecule is CN(c1ccncc1)c1ccc(NC(=O)C2Cc3ccccc3CN2C(=O)Nc2ccc(Cl)cc2)cc1. The highest BCUT2D eigenvalue weighted by Crippen LogP contribution is 2.27. The van der Waals surface area contributed by atoms with Gasteiger partial charge < -0.3 is 20.4 Å². The summed E-state index contributed by atoms with van der Waals surface area (Å²) in [4.78, 5) is 34.4. The van der Waals surface area contributed by atoms with Crippen LogP contribution in [-0.4, -0.2) is 34.9 Å². The lowest BCUT2D eigenvalue weighted by Crippen LogP contribution is -2.52. The fourth-order valence-electron chi connectivity index (χ4n) is 4.41. The summed E-state index contributed by atoms with van der Waals surface area (Å²) in [5.41, 5.74) is 5.35. The Morgan fingerprint density at radius 2 is 1.43 bits per heavy atom. The van der Waals surface area contributed by atoms with Crippen molar-refractivity contribution in [1.82, 2.24) is 9.88 Å². The van der Waals surface area contributed by atoms with Crippen molar-refractivity contribution >= 4 is 46.3 Å². The van der Waals surface area contributed by atoms with Gasteiger partial charge in [0, 0.05) is 60.2 Å². The standard InChI is InChI=1S/C29H26ClN5O2/c1-34(26-14-16-31-17-15-26)25-12-10-23(11-13-25)32-28(36)27-18-20-4-2-3-5-21(20)19-35(27)29(37)33-24-8-6-22(30)7-9-24/h2-17,27H,18-19H2,1H3,(H,32,36)(H,33,37). The van der Waals surface area contributed by atoms with Gasteiger partial charge in [0.15, 0.2) is 0 Å². The smallest absolute Gasteiger partial charge is 0.322 e. The molecule has 37 heavy (non-hydrogen) atoms. The average molecular weight is 512 g/mol. The molecule has 1 aliphatic rings. The number of urea groups is 1. The highest BCUT2D eigenvalue weighted by molar-refractivity contribution is 6.30. The number of aromatic nitrogens is 1. The fraction of sp³-hybridized carbons (Fsp3) is 0.138. The Bertz CT molecular complexity index is 1390. The van der Waals surface area contributed by atoms with Gasteiger partial charge >= 0.3 is 6.03 Å². The first-order chi connectivity index (χ1) is 18.0. The molecule has 1 atom stereocenters. The van der Waals surface area contributed by atoms with Crippen LogP contribution < -0.4 is 15.5 Å². The van der Waals surface area contributed by atoms with Crippen molar-refractivity contribution in [2.24, 2.45) is 0 Å². The van der Waals surface area contributed by atoms with Gasteiger partial charge in [0.1, 0.15) is 6.04 Å². The number of pyridine rings is 1. The molecule has 186 valence electrons. The molecule has 0 radical (unpaired) electrons. The van der Waals surface area contributed by atoms with Gasteiger partial charge in [-0.15, -0.1) is 0 Å². The van der Waals surface area contributed by atoms with Gasteiger partial charge in [-0.1, -0.05) is 35.9 Å². The highest BCUT2D eigenvalue weighted by atomic mass is 35.5. The molecule has 3 aromatic carbocycles. The van der Waals surface area contributed by atoms with Gasteiger partial charge in [0.05, 0.1) is 0 Å². The average Bonchev–Trinajstić information content (AvgIpc) is 2.94. The van der Waals surface area contributed by atoms with Crippen LogP contribution in [0.1, 0.15) is 11.1 Å². The molecule has 1 unspecified atom stereocenters. The molecule has 3 amide bonds. The van der Waals surface area contributed by atoms with Crippen LogP contribution in [0.2, 0.25) is 5.02 Å². The largest absolute Gasteiger partial charge is 0.345 e. The lowest BCUT2D eigenvalue weighted by molar-refractivity contribution is -0.120. The van der Waals surface area contributed by atoms with Crippen LogP contribution in [0.25, 0.3) is 0 Å². The van der Waals surface area contributed by atoms with Gasteiger partial charge in [-0.25, -0.2) is 4.79 Å². The highest BCUT2D eigenvalue weighted by Gasteiger charge is 2.34. The van der Waals surface area contributed by atoms with E-state index in [-0.39, 0.29) is 11.9 Å². The minimum atomic E-state index is -0.665. The number of halogens is 1. The molecule has 5 rings (SSSR count). The van der Waals surface area contributed by atoms with E-state index >= 15 is 0 Å². The lowest BCUT2D eigenvalue weighted by Gasteiger charge is -2.36. The van der Waals surface area contributed by atoms with Crippen molar-refractivity contribution in [3.8, 4) is 0 Å². The van der Waals surface area contributed by atoms with Crippen LogP contribution in [0, 0.1) is 0 Å². The summed E-state index contributed by atoms with van der Waals surface area (Å²) in [6.45, 7) is 0.337. The lowest BCUT2D eigenvalue weighted by atomic mass is 9.93. The zero-order valence-electron chi connectivity index (χ0n) is 20.3. The van der Waals surface area contributed by atoms with Crippen molar-refractivity contribution in [3.05, 3.63) is 113 Å². The Balaban J connectivity index is 1.33. The molecule has 2 heterocycles. The maximum absolute atomic E-state index is 13.5. The number of anilines is 4. The van der Waals surface area contributed by atoms with E-state index < -0.39 is 6.04 Å². The maximum Gasteiger partial charge on any atom is 0.322 e. The van der Waals surface area contributed by atoms with Gasteiger partial charge in [-0.05, 0) is 71.8 Å². The number of benzene rings is 3. The molecule has 0 fully saturated rings. The summed E-state index contributed by atoms with van der Waals surface area (Å²) in [6.07, 6.45) is 3.92. The molecular formula is C29H26ClN5O2. The van der Waals surface area contributed by atoms with Crippen LogP contribution in [0.4, 0.5) is 27.5 Å². The number of carbonyl (C=O) groups is 2. The minimum absolute atomic E-state index is 0.240. The Kier molecular flexibility index (Phi) is 7.05. The van der Waals surface area contributed by atoms with Crippen molar-refractivity contribution in [2.75, 3.05) is 22.6 Å². The van der Waals surface area contributed by atoms with Gasteiger partial charge in [-0.3, -0.25) is 9.78 Å². The fourth-order valence-corrected chi connectivity index (χ4v) is 4.54. The van der Waals surface area contributed by atoms with E-state index in [2.05, 4.69) is 15.6 Å². The second kappa shape index (κ2) is 10.7. The number of nitrogens with one attached hydrogen (secondary N) is 2. The van der Waals surface area contributed by atoms with Crippen molar-refractivity contribution in [3.63, 3.8) is 0 Å². The molecule has 8 heteroatoms. The van der Waals surface area contributed by atoms with Gasteiger partial charge in [0.25, 0.3) is 0 Å². The third-order valence-corrected chi connectivity index (χ3v) is 6.73. The van der Waals surface area contributed by atoms with Crippen molar-refractivity contribution in [1.29, 1.82) is 0 Å². The Morgan fingerprint density at radius 3 is 2.14 bits per heavy atom. The first-order valence-electron chi connectivity index (χ1n) is 11.9. The van der Waals surface area contributed by atoms with E-state index in [0.29, 0.717) is 29.4 Å². The van der Waals surface area contributed by atoms with E-state index in [1.54, 1.807) is 41.6 Å². The topological polar surface area (TPSA) is 77.6 Å². The Hall–Kier alpha value is -4.36. The molecule has 0 aliphatic carbocycles.